The van der Waals surface area contributed by atoms with Crippen LogP contribution in [0.4, 0.5) is 11.6 Å². The SMILES string of the molecule is COc1cc(Nc2ncc3ccn(-c4ccccc4C(=O)O)c3n2)cc(OC)c1OC. The van der Waals surface area contributed by atoms with E-state index < -0.39 is 5.97 Å². The number of hydrogen-bond donors (Lipinski definition) is 2. The van der Waals surface area contributed by atoms with Crippen LogP contribution >= 0.6 is 0 Å². The molecule has 31 heavy (non-hydrogen) atoms. The van der Waals surface area contributed by atoms with E-state index in [0.29, 0.717) is 40.2 Å². The van der Waals surface area contributed by atoms with E-state index in [-0.39, 0.29) is 5.56 Å². The summed E-state index contributed by atoms with van der Waals surface area (Å²) in [5.41, 5.74) is 1.90. The average molecular weight is 420 g/mol. The van der Waals surface area contributed by atoms with E-state index >= 15 is 0 Å². The molecule has 0 atom stereocenters. The zero-order valence-corrected chi connectivity index (χ0v) is 17.1. The molecular weight excluding hydrogens is 400 g/mol. The first-order chi connectivity index (χ1) is 15.0. The normalized spacial score (nSPS) is 10.7. The minimum atomic E-state index is -1.01. The van der Waals surface area contributed by atoms with Gasteiger partial charge in [0.2, 0.25) is 11.7 Å². The topological polar surface area (TPSA) is 108 Å². The van der Waals surface area contributed by atoms with Crippen LogP contribution in [0.5, 0.6) is 17.2 Å². The Morgan fingerprint density at radius 3 is 2.39 bits per heavy atom. The number of rotatable bonds is 7. The molecule has 2 aromatic heterocycles. The van der Waals surface area contributed by atoms with E-state index in [9.17, 15) is 9.90 Å². The highest BCUT2D eigenvalue weighted by Crippen LogP contribution is 2.40. The number of aromatic nitrogens is 3. The molecular formula is C22H20N4O5. The zero-order valence-electron chi connectivity index (χ0n) is 17.1. The molecule has 0 aliphatic rings. The minimum Gasteiger partial charge on any atom is -0.493 e. The van der Waals surface area contributed by atoms with Crippen LogP contribution in [0.2, 0.25) is 0 Å². The summed E-state index contributed by atoms with van der Waals surface area (Å²) in [6.07, 6.45) is 3.44. The number of carboxylic acids is 1. The van der Waals surface area contributed by atoms with Crippen LogP contribution in [0.3, 0.4) is 0 Å². The molecule has 0 spiro atoms. The van der Waals surface area contributed by atoms with Gasteiger partial charge in [-0.05, 0) is 18.2 Å². The molecule has 0 unspecified atom stereocenters. The Hall–Kier alpha value is -4.27. The van der Waals surface area contributed by atoms with Crippen LogP contribution < -0.4 is 19.5 Å². The number of anilines is 2. The minimum absolute atomic E-state index is 0.178. The second kappa shape index (κ2) is 8.23. The lowest BCUT2D eigenvalue weighted by Crippen LogP contribution is -2.06. The van der Waals surface area contributed by atoms with Crippen molar-refractivity contribution in [2.75, 3.05) is 26.6 Å². The van der Waals surface area contributed by atoms with Gasteiger partial charge >= 0.3 is 5.97 Å². The second-order valence-electron chi connectivity index (χ2n) is 6.52. The summed E-state index contributed by atoms with van der Waals surface area (Å²) in [6.45, 7) is 0. The summed E-state index contributed by atoms with van der Waals surface area (Å²) in [7, 11) is 4.61. The Balaban J connectivity index is 1.76. The summed E-state index contributed by atoms with van der Waals surface area (Å²) in [6, 6.07) is 12.1. The fourth-order valence-corrected chi connectivity index (χ4v) is 3.32. The van der Waals surface area contributed by atoms with Gasteiger partial charge in [-0.3, -0.25) is 0 Å². The predicted octanol–water partition coefficient (Wildman–Crippen LogP) is 3.89. The van der Waals surface area contributed by atoms with E-state index in [4.69, 9.17) is 14.2 Å². The monoisotopic (exact) mass is 420 g/mol. The first-order valence-electron chi connectivity index (χ1n) is 9.29. The van der Waals surface area contributed by atoms with Crippen LogP contribution in [0.15, 0.2) is 54.9 Å². The third-order valence-electron chi connectivity index (χ3n) is 4.74. The highest BCUT2D eigenvalue weighted by molar-refractivity contribution is 5.93. The maximum atomic E-state index is 11.6. The lowest BCUT2D eigenvalue weighted by Gasteiger charge is -2.14. The van der Waals surface area contributed by atoms with E-state index in [2.05, 4.69) is 15.3 Å². The number of benzene rings is 2. The lowest BCUT2D eigenvalue weighted by molar-refractivity contribution is 0.0697. The number of carbonyl (C=O) groups is 1. The van der Waals surface area contributed by atoms with Crippen molar-refractivity contribution in [2.45, 2.75) is 0 Å². The number of methoxy groups -OCH3 is 3. The molecule has 0 amide bonds. The standard InChI is InChI=1S/C22H20N4O5/c1-29-17-10-14(11-18(30-2)19(17)31-3)24-22-23-12-13-8-9-26(20(13)25-22)16-7-5-4-6-15(16)21(27)28/h4-12H,1-3H3,(H,27,28)(H,23,24,25). The van der Waals surface area contributed by atoms with Gasteiger partial charge in [-0.25, -0.2) is 9.78 Å². The van der Waals surface area contributed by atoms with Crippen LogP contribution in [-0.2, 0) is 0 Å². The Morgan fingerprint density at radius 2 is 1.74 bits per heavy atom. The highest BCUT2D eigenvalue weighted by atomic mass is 16.5. The maximum Gasteiger partial charge on any atom is 0.337 e. The summed E-state index contributed by atoms with van der Waals surface area (Å²) in [4.78, 5) is 20.6. The molecule has 2 aromatic carbocycles. The van der Waals surface area contributed by atoms with E-state index in [1.807, 2.05) is 6.07 Å². The van der Waals surface area contributed by atoms with E-state index in [1.165, 1.54) is 21.3 Å². The molecule has 0 aliphatic carbocycles. The first kappa shape index (κ1) is 20.0. The van der Waals surface area contributed by atoms with E-state index in [0.717, 1.165) is 5.39 Å². The van der Waals surface area contributed by atoms with Crippen molar-refractivity contribution < 1.29 is 24.1 Å². The predicted molar refractivity (Wildman–Crippen MR) is 115 cm³/mol. The second-order valence-corrected chi connectivity index (χ2v) is 6.52. The number of ether oxygens (including phenoxy) is 3. The van der Waals surface area contributed by atoms with Crippen molar-refractivity contribution in [3.63, 3.8) is 0 Å². The smallest absolute Gasteiger partial charge is 0.337 e. The van der Waals surface area contributed by atoms with Gasteiger partial charge in [-0.1, -0.05) is 12.1 Å². The molecule has 2 heterocycles. The van der Waals surface area contributed by atoms with Gasteiger partial charge in [0.25, 0.3) is 0 Å². The maximum absolute atomic E-state index is 11.6. The molecule has 0 radical (unpaired) electrons. The van der Waals surface area contributed by atoms with Crippen molar-refractivity contribution in [3.8, 4) is 22.9 Å². The number of carboxylic acid groups (broad SMARTS) is 1. The Kier molecular flexibility index (Phi) is 5.31. The van der Waals surface area contributed by atoms with Crippen LogP contribution in [0.25, 0.3) is 16.7 Å². The van der Waals surface area contributed by atoms with Crippen LogP contribution in [-0.4, -0.2) is 46.9 Å². The molecule has 9 nitrogen and oxygen atoms in total. The molecule has 0 fully saturated rings. The molecule has 0 saturated carbocycles. The number of nitrogens with one attached hydrogen (secondary N) is 1. The number of para-hydroxylation sites is 1. The summed E-state index contributed by atoms with van der Waals surface area (Å²) < 4.78 is 17.8. The molecule has 158 valence electrons. The van der Waals surface area contributed by atoms with Crippen LogP contribution in [0.1, 0.15) is 10.4 Å². The van der Waals surface area contributed by atoms with Crippen molar-refractivity contribution in [3.05, 3.63) is 60.4 Å². The Labute approximate surface area is 177 Å². The molecule has 4 rings (SSSR count). The van der Waals surface area contributed by atoms with Gasteiger partial charge in [0.1, 0.15) is 5.65 Å². The van der Waals surface area contributed by atoms with Crippen molar-refractivity contribution in [2.24, 2.45) is 0 Å². The van der Waals surface area contributed by atoms with Crippen molar-refractivity contribution in [1.29, 1.82) is 0 Å². The number of nitrogens with zero attached hydrogens (tertiary/aromatic N) is 3. The number of hydrogen-bond acceptors (Lipinski definition) is 7. The van der Waals surface area contributed by atoms with Gasteiger partial charge in [0.05, 0.1) is 32.6 Å². The summed E-state index contributed by atoms with van der Waals surface area (Å²) >= 11 is 0. The van der Waals surface area contributed by atoms with Gasteiger partial charge in [-0.2, -0.15) is 4.98 Å². The largest absolute Gasteiger partial charge is 0.493 e. The van der Waals surface area contributed by atoms with E-state index in [1.54, 1.807) is 53.4 Å². The summed E-state index contributed by atoms with van der Waals surface area (Å²) in [5.74, 6) is 0.774. The third-order valence-corrected chi connectivity index (χ3v) is 4.74. The molecule has 9 heteroatoms. The quantitative estimate of drug-likeness (QED) is 0.464. The van der Waals surface area contributed by atoms with Gasteiger partial charge in [-0.15, -0.1) is 0 Å². The molecule has 0 bridgehead atoms. The van der Waals surface area contributed by atoms with Gasteiger partial charge < -0.3 is 29.2 Å². The number of fused-ring (bicyclic) bond motifs is 1. The fourth-order valence-electron chi connectivity index (χ4n) is 3.32. The zero-order chi connectivity index (χ0) is 22.0. The number of aromatic carboxylic acids is 1. The van der Waals surface area contributed by atoms with Gasteiger partial charge in [0, 0.05) is 35.6 Å². The highest BCUT2D eigenvalue weighted by Gasteiger charge is 2.16. The van der Waals surface area contributed by atoms with Crippen molar-refractivity contribution in [1.82, 2.24) is 14.5 Å². The Morgan fingerprint density at radius 1 is 1.03 bits per heavy atom. The lowest BCUT2D eigenvalue weighted by atomic mass is 10.2. The molecule has 4 aromatic rings. The van der Waals surface area contributed by atoms with Crippen LogP contribution in [0, 0.1) is 0 Å². The third kappa shape index (κ3) is 3.68. The van der Waals surface area contributed by atoms with Crippen molar-refractivity contribution >= 4 is 28.6 Å². The average Bonchev–Trinajstić information content (AvgIpc) is 3.21. The summed E-state index contributed by atoms with van der Waals surface area (Å²) in [5, 5.41) is 13.4. The molecule has 0 aliphatic heterocycles. The molecule has 2 N–H and O–H groups in total. The fraction of sp³-hybridized carbons (Fsp3) is 0.136. The molecule has 0 saturated heterocycles. The van der Waals surface area contributed by atoms with Gasteiger partial charge in [0.15, 0.2) is 11.5 Å². The Bertz CT molecular complexity index is 1240. The first-order valence-corrected chi connectivity index (χ1v) is 9.29.